The summed E-state index contributed by atoms with van der Waals surface area (Å²) in [5, 5.41) is 6.69. The van der Waals surface area contributed by atoms with E-state index in [0.717, 1.165) is 45.2 Å². The lowest BCUT2D eigenvalue weighted by molar-refractivity contribution is 0.0699. The fourth-order valence-electron chi connectivity index (χ4n) is 5.28. The molecule has 2 N–H and O–H groups in total. The van der Waals surface area contributed by atoms with Crippen LogP contribution in [0.15, 0.2) is 0 Å². The van der Waals surface area contributed by atoms with Crippen molar-refractivity contribution >= 4 is 9.84 Å². The van der Waals surface area contributed by atoms with Crippen molar-refractivity contribution in [3.63, 3.8) is 0 Å². The highest BCUT2D eigenvalue weighted by Gasteiger charge is 2.57. The molecule has 6 atom stereocenters. The fraction of sp³-hybridized carbons (Fsp3) is 1.00. The van der Waals surface area contributed by atoms with Crippen LogP contribution in [0.1, 0.15) is 38.5 Å². The Balaban J connectivity index is 1.77. The highest BCUT2D eigenvalue weighted by molar-refractivity contribution is 7.92. The molecule has 4 nitrogen and oxygen atoms in total. The molecule has 1 saturated carbocycles. The Morgan fingerprint density at radius 3 is 2.47 bits per heavy atom. The van der Waals surface area contributed by atoms with Crippen molar-refractivity contribution in [2.75, 3.05) is 13.1 Å². The third kappa shape index (κ3) is 1.74. The Bertz CT molecular complexity index is 462. The molecule has 0 amide bonds. The van der Waals surface area contributed by atoms with Gasteiger partial charge in [0.25, 0.3) is 0 Å². The minimum Gasteiger partial charge on any atom is -0.313 e. The summed E-state index contributed by atoms with van der Waals surface area (Å²) < 4.78 is 25.8. The van der Waals surface area contributed by atoms with Gasteiger partial charge in [0.2, 0.25) is 0 Å². The molecule has 0 spiro atoms. The zero-order chi connectivity index (χ0) is 13.0. The number of hydrogen-bond acceptors (Lipinski definition) is 4. The molecule has 3 aliphatic heterocycles. The minimum absolute atomic E-state index is 0.0793. The van der Waals surface area contributed by atoms with Gasteiger partial charge in [0.1, 0.15) is 5.37 Å². The lowest BCUT2D eigenvalue weighted by Gasteiger charge is -2.55. The summed E-state index contributed by atoms with van der Waals surface area (Å²) in [6, 6.07) is 0.449. The van der Waals surface area contributed by atoms with E-state index in [1.165, 1.54) is 6.42 Å². The minimum atomic E-state index is -2.98. The molecule has 1 aliphatic carbocycles. The Morgan fingerprint density at radius 2 is 1.63 bits per heavy atom. The smallest absolute Gasteiger partial charge is 0.169 e. The first-order chi connectivity index (χ1) is 9.19. The largest absolute Gasteiger partial charge is 0.313 e. The first-order valence-electron chi connectivity index (χ1n) is 7.89. The van der Waals surface area contributed by atoms with Crippen LogP contribution >= 0.6 is 0 Å². The molecule has 6 unspecified atom stereocenters. The summed E-state index contributed by atoms with van der Waals surface area (Å²) in [6.07, 6.45) is 6.62. The van der Waals surface area contributed by atoms with Crippen LogP contribution in [0.4, 0.5) is 0 Å². The number of piperidine rings is 2. The fourth-order valence-corrected chi connectivity index (χ4v) is 8.13. The van der Waals surface area contributed by atoms with E-state index in [1.807, 2.05) is 0 Å². The third-order valence-corrected chi connectivity index (χ3v) is 8.67. The van der Waals surface area contributed by atoms with Crippen LogP contribution in [0.25, 0.3) is 0 Å². The summed E-state index contributed by atoms with van der Waals surface area (Å²) in [7, 11) is -2.98. The van der Waals surface area contributed by atoms with Crippen molar-refractivity contribution in [2.45, 2.75) is 55.2 Å². The molecule has 4 fully saturated rings. The van der Waals surface area contributed by atoms with Crippen LogP contribution in [-0.4, -0.2) is 38.2 Å². The van der Waals surface area contributed by atoms with E-state index in [9.17, 15) is 8.42 Å². The normalized spacial score (nSPS) is 52.0. The van der Waals surface area contributed by atoms with Crippen molar-refractivity contribution in [1.29, 1.82) is 0 Å². The number of sulfone groups is 1. The predicted molar refractivity (Wildman–Crippen MR) is 74.5 cm³/mol. The lowest BCUT2D eigenvalue weighted by Crippen LogP contribution is -2.69. The SMILES string of the molecule is O=S1(=O)C2CCCCC2C2NCCC3CCNC1C32. The maximum atomic E-state index is 12.9. The van der Waals surface area contributed by atoms with E-state index in [1.54, 1.807) is 0 Å². The van der Waals surface area contributed by atoms with E-state index in [2.05, 4.69) is 10.6 Å². The van der Waals surface area contributed by atoms with E-state index >= 15 is 0 Å². The van der Waals surface area contributed by atoms with Crippen LogP contribution in [0.2, 0.25) is 0 Å². The molecule has 3 saturated heterocycles. The van der Waals surface area contributed by atoms with Gasteiger partial charge in [0.05, 0.1) is 5.25 Å². The standard InChI is InChI=1S/C14H24N2O2S/c17-19(18)11-4-2-1-3-10(11)13-12-9(5-7-15-13)6-8-16-14(12)19/h9-16H,1-8H2. The predicted octanol–water partition coefficient (Wildman–Crippen LogP) is 0.887. The van der Waals surface area contributed by atoms with Crippen molar-refractivity contribution in [1.82, 2.24) is 10.6 Å². The quantitative estimate of drug-likeness (QED) is 0.693. The summed E-state index contributed by atoms with van der Waals surface area (Å²) in [5.74, 6) is 1.32. The van der Waals surface area contributed by atoms with Crippen LogP contribution in [0.5, 0.6) is 0 Å². The van der Waals surface area contributed by atoms with Crippen molar-refractivity contribution in [2.24, 2.45) is 17.8 Å². The summed E-state index contributed by atoms with van der Waals surface area (Å²) in [5.41, 5.74) is 0. The highest BCUT2D eigenvalue weighted by Crippen LogP contribution is 2.48. The van der Waals surface area contributed by atoms with Crippen LogP contribution in [-0.2, 0) is 9.84 Å². The molecule has 0 radical (unpaired) electrons. The average molecular weight is 284 g/mol. The molecule has 4 aliphatic rings. The van der Waals surface area contributed by atoms with Gasteiger partial charge in [-0.25, -0.2) is 8.42 Å². The van der Waals surface area contributed by atoms with Gasteiger partial charge >= 0.3 is 0 Å². The number of hydrogen-bond donors (Lipinski definition) is 2. The molecule has 4 rings (SSSR count). The molecule has 108 valence electrons. The van der Waals surface area contributed by atoms with Crippen molar-refractivity contribution < 1.29 is 8.42 Å². The zero-order valence-corrected chi connectivity index (χ0v) is 12.2. The molecule has 0 aromatic rings. The second-order valence-corrected chi connectivity index (χ2v) is 9.14. The molecule has 3 heterocycles. The highest BCUT2D eigenvalue weighted by atomic mass is 32.2. The molecular weight excluding hydrogens is 260 g/mol. The van der Waals surface area contributed by atoms with Crippen molar-refractivity contribution in [3.05, 3.63) is 0 Å². The Kier molecular flexibility index (Phi) is 2.94. The van der Waals surface area contributed by atoms with Gasteiger partial charge in [0, 0.05) is 12.0 Å². The Morgan fingerprint density at radius 1 is 0.895 bits per heavy atom. The maximum Gasteiger partial charge on any atom is 0.169 e. The van der Waals surface area contributed by atoms with Gasteiger partial charge in [-0.2, -0.15) is 0 Å². The topological polar surface area (TPSA) is 58.2 Å². The summed E-state index contributed by atoms with van der Waals surface area (Å²) in [6.45, 7) is 1.97. The number of rotatable bonds is 0. The van der Waals surface area contributed by atoms with E-state index in [0.29, 0.717) is 23.8 Å². The van der Waals surface area contributed by atoms with Gasteiger partial charge < -0.3 is 10.6 Å². The summed E-state index contributed by atoms with van der Waals surface area (Å²) in [4.78, 5) is 0. The molecule has 19 heavy (non-hydrogen) atoms. The monoisotopic (exact) mass is 284 g/mol. The summed E-state index contributed by atoms with van der Waals surface area (Å²) >= 11 is 0. The van der Waals surface area contributed by atoms with E-state index in [4.69, 9.17) is 0 Å². The third-order valence-electron chi connectivity index (χ3n) is 6.06. The van der Waals surface area contributed by atoms with Gasteiger partial charge in [-0.1, -0.05) is 12.8 Å². The lowest BCUT2D eigenvalue weighted by atomic mass is 9.68. The average Bonchev–Trinajstić information content (AvgIpc) is 2.45. The Hall–Kier alpha value is -0.130. The van der Waals surface area contributed by atoms with Crippen molar-refractivity contribution in [3.8, 4) is 0 Å². The van der Waals surface area contributed by atoms with Crippen LogP contribution < -0.4 is 10.6 Å². The Labute approximate surface area is 115 Å². The van der Waals surface area contributed by atoms with Gasteiger partial charge in [0.15, 0.2) is 9.84 Å². The molecule has 5 heteroatoms. The van der Waals surface area contributed by atoms with Crippen LogP contribution in [0, 0.1) is 17.8 Å². The van der Waals surface area contributed by atoms with Gasteiger partial charge in [-0.15, -0.1) is 0 Å². The number of nitrogens with one attached hydrogen (secondary N) is 2. The van der Waals surface area contributed by atoms with Gasteiger partial charge in [-0.3, -0.25) is 0 Å². The van der Waals surface area contributed by atoms with Crippen LogP contribution in [0.3, 0.4) is 0 Å². The molecule has 0 aromatic carbocycles. The second kappa shape index (κ2) is 4.43. The molecular formula is C14H24N2O2S. The maximum absolute atomic E-state index is 12.9. The van der Waals surface area contributed by atoms with E-state index < -0.39 is 9.84 Å². The second-order valence-electron chi connectivity index (χ2n) is 6.85. The first-order valence-corrected chi connectivity index (χ1v) is 9.50. The first kappa shape index (κ1) is 12.6. The van der Waals surface area contributed by atoms with Gasteiger partial charge in [-0.05, 0) is 50.6 Å². The molecule has 0 bridgehead atoms. The van der Waals surface area contributed by atoms with E-state index in [-0.39, 0.29) is 10.6 Å². The molecule has 0 aromatic heterocycles. The number of fused-ring (bicyclic) bond motifs is 2. The zero-order valence-electron chi connectivity index (χ0n) is 11.3.